The first kappa shape index (κ1) is 11.4. The summed E-state index contributed by atoms with van der Waals surface area (Å²) in [7, 11) is 1.41. The van der Waals surface area contributed by atoms with Crippen molar-refractivity contribution in [3.05, 3.63) is 24.0 Å². The van der Waals surface area contributed by atoms with Gasteiger partial charge in [0.05, 0.1) is 7.11 Å². The molecule has 0 aliphatic carbocycles. The fraction of sp³-hybridized carbons (Fsp3) is 0.333. The monoisotopic (exact) mass is 183 g/mol. The Morgan fingerprint density at radius 2 is 2.15 bits per heavy atom. The summed E-state index contributed by atoms with van der Waals surface area (Å²) in [6.45, 7) is 4.00. The first-order valence-electron chi connectivity index (χ1n) is 3.98. The molecule has 0 aliphatic heterocycles. The topological polar surface area (TPSA) is 59.4 Å². The number of hydrogen-bond acceptors (Lipinski definition) is 3. The molecule has 1 N–H and O–H groups in total. The van der Waals surface area contributed by atoms with Crippen molar-refractivity contribution < 1.29 is 14.6 Å². The van der Waals surface area contributed by atoms with Crippen LogP contribution in [0, 0.1) is 0 Å². The van der Waals surface area contributed by atoms with Crippen LogP contribution in [-0.2, 0) is 0 Å². The van der Waals surface area contributed by atoms with Crippen molar-refractivity contribution >= 4 is 5.97 Å². The lowest BCUT2D eigenvalue weighted by atomic mass is 10.3. The predicted octanol–water partition coefficient (Wildman–Crippen LogP) is 1.81. The van der Waals surface area contributed by atoms with E-state index in [4.69, 9.17) is 9.84 Å². The lowest BCUT2D eigenvalue weighted by molar-refractivity contribution is 0.0686. The Labute approximate surface area is 77.2 Å². The largest absolute Gasteiger partial charge is 0.494 e. The van der Waals surface area contributed by atoms with Gasteiger partial charge in [-0.05, 0) is 12.1 Å². The minimum atomic E-state index is -1.08. The van der Waals surface area contributed by atoms with Gasteiger partial charge in [0.15, 0.2) is 11.4 Å². The zero-order valence-corrected chi connectivity index (χ0v) is 7.94. The van der Waals surface area contributed by atoms with Crippen molar-refractivity contribution in [1.29, 1.82) is 0 Å². The fourth-order valence-electron chi connectivity index (χ4n) is 0.716. The Kier molecular flexibility index (Phi) is 5.27. The van der Waals surface area contributed by atoms with E-state index in [0.29, 0.717) is 0 Å². The van der Waals surface area contributed by atoms with Crippen molar-refractivity contribution in [2.24, 2.45) is 0 Å². The molecule has 0 saturated carbocycles. The number of ether oxygens (including phenoxy) is 1. The van der Waals surface area contributed by atoms with Gasteiger partial charge in [-0.3, -0.25) is 0 Å². The van der Waals surface area contributed by atoms with Crippen LogP contribution in [0.3, 0.4) is 0 Å². The van der Waals surface area contributed by atoms with Gasteiger partial charge in [-0.1, -0.05) is 13.8 Å². The number of hydrogen-bond donors (Lipinski definition) is 1. The van der Waals surface area contributed by atoms with Gasteiger partial charge in [0.1, 0.15) is 0 Å². The zero-order valence-electron chi connectivity index (χ0n) is 7.94. The molecule has 13 heavy (non-hydrogen) atoms. The van der Waals surface area contributed by atoms with E-state index in [1.54, 1.807) is 12.1 Å². The lowest BCUT2D eigenvalue weighted by Crippen LogP contribution is -2.02. The number of carboxylic acids is 1. The quantitative estimate of drug-likeness (QED) is 0.759. The first-order chi connectivity index (χ1) is 6.25. The molecular formula is C9H13NO3. The molecule has 0 aliphatic rings. The number of carbonyl (C=O) groups is 1. The zero-order chi connectivity index (χ0) is 10.3. The Morgan fingerprint density at radius 3 is 2.54 bits per heavy atom. The Morgan fingerprint density at radius 1 is 1.54 bits per heavy atom. The maximum atomic E-state index is 10.4. The van der Waals surface area contributed by atoms with Crippen LogP contribution in [0.5, 0.6) is 5.75 Å². The van der Waals surface area contributed by atoms with E-state index in [0.717, 1.165) is 0 Å². The number of pyridine rings is 1. The first-order valence-corrected chi connectivity index (χ1v) is 3.98. The normalized spacial score (nSPS) is 8.23. The van der Waals surface area contributed by atoms with Crippen molar-refractivity contribution in [2.45, 2.75) is 13.8 Å². The number of carboxylic acid groups (broad SMARTS) is 1. The van der Waals surface area contributed by atoms with Crippen LogP contribution in [0.4, 0.5) is 0 Å². The van der Waals surface area contributed by atoms with E-state index in [9.17, 15) is 4.79 Å². The van der Waals surface area contributed by atoms with Crippen molar-refractivity contribution in [1.82, 2.24) is 4.98 Å². The van der Waals surface area contributed by atoms with Gasteiger partial charge >= 0.3 is 5.97 Å². The van der Waals surface area contributed by atoms with Gasteiger partial charge in [0.25, 0.3) is 0 Å². The SMILES string of the molecule is CC.COc1cccnc1C(=O)O. The molecule has 0 fully saturated rings. The minimum absolute atomic E-state index is 0.0602. The van der Waals surface area contributed by atoms with Gasteiger partial charge in [-0.2, -0.15) is 0 Å². The van der Waals surface area contributed by atoms with E-state index < -0.39 is 5.97 Å². The molecule has 0 unspecified atom stereocenters. The Bertz CT molecular complexity index is 273. The van der Waals surface area contributed by atoms with Gasteiger partial charge in [-0.25, -0.2) is 9.78 Å². The molecule has 4 heteroatoms. The second-order valence-corrected chi connectivity index (χ2v) is 1.86. The smallest absolute Gasteiger partial charge is 0.358 e. The van der Waals surface area contributed by atoms with Crippen LogP contribution in [0.2, 0.25) is 0 Å². The third kappa shape index (κ3) is 3.11. The molecule has 0 aromatic carbocycles. The predicted molar refractivity (Wildman–Crippen MR) is 49.1 cm³/mol. The number of rotatable bonds is 2. The number of nitrogens with zero attached hydrogens (tertiary/aromatic N) is 1. The summed E-state index contributed by atoms with van der Waals surface area (Å²) in [5.74, 6) is -0.803. The second-order valence-electron chi connectivity index (χ2n) is 1.86. The van der Waals surface area contributed by atoms with E-state index in [1.807, 2.05) is 13.8 Å². The number of methoxy groups -OCH3 is 1. The van der Waals surface area contributed by atoms with Gasteiger partial charge in [0.2, 0.25) is 0 Å². The lowest BCUT2D eigenvalue weighted by Gasteiger charge is -2.00. The molecule has 1 aromatic rings. The van der Waals surface area contributed by atoms with E-state index in [-0.39, 0.29) is 11.4 Å². The van der Waals surface area contributed by atoms with Crippen molar-refractivity contribution in [3.8, 4) is 5.75 Å². The van der Waals surface area contributed by atoms with Crippen molar-refractivity contribution in [3.63, 3.8) is 0 Å². The molecule has 0 bridgehead atoms. The highest BCUT2D eigenvalue weighted by atomic mass is 16.5. The molecule has 0 saturated heterocycles. The van der Waals surface area contributed by atoms with Crippen molar-refractivity contribution in [2.75, 3.05) is 7.11 Å². The maximum Gasteiger partial charge on any atom is 0.358 e. The molecule has 0 spiro atoms. The highest BCUT2D eigenvalue weighted by Gasteiger charge is 2.09. The van der Waals surface area contributed by atoms with E-state index >= 15 is 0 Å². The summed E-state index contributed by atoms with van der Waals surface area (Å²) in [6.07, 6.45) is 1.41. The number of aromatic carboxylic acids is 1. The molecule has 72 valence electrons. The summed E-state index contributed by atoms with van der Waals surface area (Å²) in [5, 5.41) is 8.55. The van der Waals surface area contributed by atoms with Gasteiger partial charge in [0, 0.05) is 6.20 Å². The summed E-state index contributed by atoms with van der Waals surface area (Å²) in [5.41, 5.74) is -0.0602. The Hall–Kier alpha value is -1.58. The van der Waals surface area contributed by atoms with Crippen LogP contribution in [0.25, 0.3) is 0 Å². The molecule has 0 amide bonds. The molecule has 0 radical (unpaired) electrons. The van der Waals surface area contributed by atoms with Gasteiger partial charge in [-0.15, -0.1) is 0 Å². The summed E-state index contributed by atoms with van der Waals surface area (Å²) in [6, 6.07) is 3.17. The minimum Gasteiger partial charge on any atom is -0.494 e. The highest BCUT2D eigenvalue weighted by Crippen LogP contribution is 2.13. The molecule has 1 rings (SSSR count). The molecule has 1 heterocycles. The van der Waals surface area contributed by atoms with Crippen LogP contribution >= 0.6 is 0 Å². The average Bonchev–Trinajstić information content (AvgIpc) is 2.20. The fourth-order valence-corrected chi connectivity index (χ4v) is 0.716. The Balaban J connectivity index is 0.000000671. The highest BCUT2D eigenvalue weighted by molar-refractivity contribution is 5.88. The molecule has 4 nitrogen and oxygen atoms in total. The third-order valence-electron chi connectivity index (χ3n) is 1.19. The second kappa shape index (κ2) is 5.99. The van der Waals surface area contributed by atoms with E-state index in [1.165, 1.54) is 13.3 Å². The summed E-state index contributed by atoms with van der Waals surface area (Å²) >= 11 is 0. The van der Waals surface area contributed by atoms with Crippen LogP contribution < -0.4 is 4.74 Å². The molecule has 0 atom stereocenters. The van der Waals surface area contributed by atoms with Gasteiger partial charge < -0.3 is 9.84 Å². The van der Waals surface area contributed by atoms with E-state index in [2.05, 4.69) is 4.98 Å². The maximum absolute atomic E-state index is 10.4. The number of aromatic nitrogens is 1. The molecule has 1 aromatic heterocycles. The molecular weight excluding hydrogens is 170 g/mol. The third-order valence-corrected chi connectivity index (χ3v) is 1.19. The van der Waals surface area contributed by atoms with Crippen LogP contribution in [0.1, 0.15) is 24.3 Å². The standard InChI is InChI=1S/C7H7NO3.C2H6/c1-11-5-3-2-4-8-6(5)7(9)10;1-2/h2-4H,1H3,(H,9,10);1-2H3. The van der Waals surface area contributed by atoms with Crippen LogP contribution in [0.15, 0.2) is 18.3 Å². The van der Waals surface area contributed by atoms with Crippen LogP contribution in [-0.4, -0.2) is 23.2 Å². The summed E-state index contributed by atoms with van der Waals surface area (Å²) < 4.78 is 4.76. The average molecular weight is 183 g/mol. The summed E-state index contributed by atoms with van der Waals surface area (Å²) in [4.78, 5) is 14.1.